The molecule has 0 amide bonds. The van der Waals surface area contributed by atoms with Crippen LogP contribution in [0.2, 0.25) is 4.34 Å². The van der Waals surface area contributed by atoms with Gasteiger partial charge >= 0.3 is 0 Å². The lowest BCUT2D eigenvalue weighted by atomic mass is 9.86. The number of hydrogen-bond acceptors (Lipinski definition) is 2. The first-order valence-corrected chi connectivity index (χ1v) is 5.63. The fourth-order valence-electron chi connectivity index (χ4n) is 1.55. The van der Waals surface area contributed by atoms with E-state index < -0.39 is 5.60 Å². The minimum atomic E-state index is -0.704. The molecule has 1 heterocycles. The van der Waals surface area contributed by atoms with Gasteiger partial charge in [-0.15, -0.1) is 11.3 Å². The Balaban J connectivity index is 2.34. The van der Waals surface area contributed by atoms with Gasteiger partial charge in [-0.05, 0) is 31.9 Å². The number of aliphatic hydroxyl groups is 1. The van der Waals surface area contributed by atoms with Gasteiger partial charge in [0.15, 0.2) is 0 Å². The predicted molar refractivity (Wildman–Crippen MR) is 56.2 cm³/mol. The molecule has 0 spiro atoms. The molecule has 0 saturated heterocycles. The second-order valence-corrected chi connectivity index (χ2v) is 5.95. The van der Waals surface area contributed by atoms with Gasteiger partial charge in [-0.25, -0.2) is 0 Å². The monoisotopic (exact) mass is 216 g/mol. The van der Waals surface area contributed by atoms with Crippen LogP contribution in [0.25, 0.3) is 0 Å². The van der Waals surface area contributed by atoms with Crippen molar-refractivity contribution in [3.8, 4) is 0 Å². The first-order valence-electron chi connectivity index (χ1n) is 4.44. The van der Waals surface area contributed by atoms with Gasteiger partial charge in [0.1, 0.15) is 5.60 Å². The van der Waals surface area contributed by atoms with Crippen LogP contribution in [0.15, 0.2) is 12.1 Å². The van der Waals surface area contributed by atoms with E-state index >= 15 is 0 Å². The summed E-state index contributed by atoms with van der Waals surface area (Å²) in [4.78, 5) is 0.984. The highest BCUT2D eigenvalue weighted by atomic mass is 35.5. The Bertz CT molecular complexity index is 325. The molecule has 1 aliphatic rings. The number of rotatable bonds is 2. The second-order valence-electron chi connectivity index (χ2n) is 4.24. The molecule has 0 aromatic carbocycles. The van der Waals surface area contributed by atoms with Gasteiger partial charge in [-0.3, -0.25) is 0 Å². The minimum absolute atomic E-state index is 0.0706. The summed E-state index contributed by atoms with van der Waals surface area (Å²) in [7, 11) is 0. The lowest BCUT2D eigenvalue weighted by Gasteiger charge is -2.29. The summed E-state index contributed by atoms with van der Waals surface area (Å²) >= 11 is 7.32. The molecule has 1 aromatic heterocycles. The van der Waals surface area contributed by atoms with E-state index in [-0.39, 0.29) is 5.41 Å². The minimum Gasteiger partial charge on any atom is -0.384 e. The fraction of sp³-hybridized carbons (Fsp3) is 0.600. The molecule has 0 bridgehead atoms. The van der Waals surface area contributed by atoms with Crippen LogP contribution in [0.3, 0.4) is 0 Å². The van der Waals surface area contributed by atoms with Crippen molar-refractivity contribution < 1.29 is 5.11 Å². The second kappa shape index (κ2) is 2.72. The van der Waals surface area contributed by atoms with Crippen LogP contribution in [-0.4, -0.2) is 5.11 Å². The van der Waals surface area contributed by atoms with E-state index in [1.165, 1.54) is 11.3 Å². The average Bonchev–Trinajstić information content (AvgIpc) is 2.63. The number of halogens is 1. The van der Waals surface area contributed by atoms with Crippen molar-refractivity contribution in [2.75, 3.05) is 0 Å². The largest absolute Gasteiger partial charge is 0.384 e. The quantitative estimate of drug-likeness (QED) is 0.804. The molecule has 3 heteroatoms. The molecule has 1 nitrogen and oxygen atoms in total. The van der Waals surface area contributed by atoms with Crippen molar-refractivity contribution in [2.45, 2.75) is 32.3 Å². The molecule has 1 N–H and O–H groups in total. The first kappa shape index (κ1) is 9.50. The molecule has 1 saturated carbocycles. The van der Waals surface area contributed by atoms with E-state index in [4.69, 9.17) is 11.6 Å². The van der Waals surface area contributed by atoms with Crippen LogP contribution in [0.1, 0.15) is 31.6 Å². The lowest BCUT2D eigenvalue weighted by Crippen LogP contribution is -2.30. The summed E-state index contributed by atoms with van der Waals surface area (Å²) in [6, 6.07) is 3.78. The van der Waals surface area contributed by atoms with E-state index in [0.29, 0.717) is 0 Å². The Morgan fingerprint density at radius 1 is 1.54 bits per heavy atom. The number of thiophene rings is 1. The molecule has 2 rings (SSSR count). The average molecular weight is 217 g/mol. The summed E-state index contributed by atoms with van der Waals surface area (Å²) < 4.78 is 0.750. The molecule has 1 fully saturated rings. The Labute approximate surface area is 87.4 Å². The predicted octanol–water partition coefficient (Wildman–Crippen LogP) is 3.41. The van der Waals surface area contributed by atoms with Crippen molar-refractivity contribution in [1.82, 2.24) is 0 Å². The fourth-order valence-corrected chi connectivity index (χ4v) is 2.79. The highest BCUT2D eigenvalue weighted by molar-refractivity contribution is 7.16. The highest BCUT2D eigenvalue weighted by Crippen LogP contribution is 2.58. The molecule has 0 aliphatic heterocycles. The molecule has 1 aliphatic carbocycles. The smallest absolute Gasteiger partial charge is 0.101 e. The Morgan fingerprint density at radius 2 is 2.15 bits per heavy atom. The molecule has 1 unspecified atom stereocenters. The summed E-state index contributed by atoms with van der Waals surface area (Å²) in [5.74, 6) is 0. The van der Waals surface area contributed by atoms with Crippen LogP contribution >= 0.6 is 22.9 Å². The third-order valence-corrected chi connectivity index (χ3v) is 4.67. The zero-order chi connectivity index (χ0) is 9.69. The Morgan fingerprint density at radius 3 is 2.54 bits per heavy atom. The van der Waals surface area contributed by atoms with E-state index in [1.54, 1.807) is 0 Å². The first-order chi connectivity index (χ1) is 5.96. The zero-order valence-electron chi connectivity index (χ0n) is 7.80. The van der Waals surface area contributed by atoms with Crippen LogP contribution in [0.4, 0.5) is 0 Å². The van der Waals surface area contributed by atoms with Crippen molar-refractivity contribution in [2.24, 2.45) is 5.41 Å². The maximum atomic E-state index is 10.3. The third kappa shape index (κ3) is 1.41. The third-order valence-electron chi connectivity index (χ3n) is 3.23. The molecule has 72 valence electrons. The van der Waals surface area contributed by atoms with Crippen LogP contribution < -0.4 is 0 Å². The van der Waals surface area contributed by atoms with E-state index in [1.807, 2.05) is 19.1 Å². The number of hydrogen-bond donors (Lipinski definition) is 1. The standard InChI is InChI=1S/C10H13ClOS/c1-9(5-6-9)10(2,12)7-3-4-8(11)13-7/h3-4,12H,5-6H2,1-2H3. The van der Waals surface area contributed by atoms with E-state index in [0.717, 1.165) is 22.1 Å². The summed E-state index contributed by atoms with van der Waals surface area (Å²) in [6.07, 6.45) is 2.21. The van der Waals surface area contributed by atoms with Crippen molar-refractivity contribution in [3.05, 3.63) is 21.3 Å². The Kier molecular flexibility index (Phi) is 1.99. The molecule has 0 radical (unpaired) electrons. The molecular weight excluding hydrogens is 204 g/mol. The molecular formula is C10H13ClOS. The van der Waals surface area contributed by atoms with Crippen molar-refractivity contribution >= 4 is 22.9 Å². The molecule has 13 heavy (non-hydrogen) atoms. The van der Waals surface area contributed by atoms with Crippen molar-refractivity contribution in [1.29, 1.82) is 0 Å². The van der Waals surface area contributed by atoms with Gasteiger partial charge < -0.3 is 5.11 Å². The SMILES string of the molecule is CC1(C(C)(O)c2ccc(Cl)s2)CC1. The topological polar surface area (TPSA) is 20.2 Å². The lowest BCUT2D eigenvalue weighted by molar-refractivity contribution is -0.00914. The van der Waals surface area contributed by atoms with Gasteiger partial charge in [0.25, 0.3) is 0 Å². The van der Waals surface area contributed by atoms with Crippen molar-refractivity contribution in [3.63, 3.8) is 0 Å². The summed E-state index contributed by atoms with van der Waals surface area (Å²) in [5.41, 5.74) is -0.633. The van der Waals surface area contributed by atoms with Gasteiger partial charge in [0, 0.05) is 10.3 Å². The normalized spacial score (nSPS) is 24.0. The zero-order valence-corrected chi connectivity index (χ0v) is 9.37. The molecule has 1 atom stereocenters. The van der Waals surface area contributed by atoms with E-state index in [9.17, 15) is 5.11 Å². The van der Waals surface area contributed by atoms with Gasteiger partial charge in [0.05, 0.1) is 4.34 Å². The maximum absolute atomic E-state index is 10.3. The Hall–Kier alpha value is -0.0500. The molecule has 1 aromatic rings. The summed E-state index contributed by atoms with van der Waals surface area (Å²) in [6.45, 7) is 4.02. The van der Waals surface area contributed by atoms with Gasteiger partial charge in [-0.1, -0.05) is 18.5 Å². The van der Waals surface area contributed by atoms with E-state index in [2.05, 4.69) is 6.92 Å². The van der Waals surface area contributed by atoms with Gasteiger partial charge in [-0.2, -0.15) is 0 Å². The van der Waals surface area contributed by atoms with Crippen LogP contribution in [0, 0.1) is 5.41 Å². The van der Waals surface area contributed by atoms with Crippen LogP contribution in [0.5, 0.6) is 0 Å². The highest BCUT2D eigenvalue weighted by Gasteiger charge is 2.53. The summed E-state index contributed by atoms with van der Waals surface area (Å²) in [5, 5.41) is 10.3. The van der Waals surface area contributed by atoms with Gasteiger partial charge in [0.2, 0.25) is 0 Å². The van der Waals surface area contributed by atoms with Crippen LogP contribution in [-0.2, 0) is 5.60 Å². The maximum Gasteiger partial charge on any atom is 0.101 e.